The molecule has 0 saturated heterocycles. The third-order valence-corrected chi connectivity index (χ3v) is 5.20. The van der Waals surface area contributed by atoms with Gasteiger partial charge in [0.05, 0.1) is 5.56 Å². The summed E-state index contributed by atoms with van der Waals surface area (Å²) in [7, 11) is -3.77. The smallest absolute Gasteiger partial charge is 0.269 e. The van der Waals surface area contributed by atoms with Gasteiger partial charge in [-0.25, -0.2) is 12.7 Å². The zero-order chi connectivity index (χ0) is 15.0. The number of aromatic nitrogens is 1. The first-order chi connectivity index (χ1) is 10.00. The first-order valence-electron chi connectivity index (χ1n) is 6.35. The van der Waals surface area contributed by atoms with Gasteiger partial charge in [-0.1, -0.05) is 6.07 Å². The number of nitrogens with zero attached hydrogens (tertiary/aromatic N) is 2. The van der Waals surface area contributed by atoms with E-state index < -0.39 is 15.9 Å². The summed E-state index contributed by atoms with van der Waals surface area (Å²) in [4.78, 5) is 16.2. The Hall–Kier alpha value is -2.41. The van der Waals surface area contributed by atoms with Crippen molar-refractivity contribution in [1.29, 1.82) is 0 Å². The van der Waals surface area contributed by atoms with E-state index in [0.29, 0.717) is 12.1 Å². The van der Waals surface area contributed by atoms with Crippen LogP contribution in [-0.2, 0) is 16.4 Å². The van der Waals surface area contributed by atoms with Crippen molar-refractivity contribution >= 4 is 21.6 Å². The molecule has 2 heterocycles. The maximum atomic E-state index is 12.4. The molecule has 2 aromatic rings. The number of fused-ring (bicyclic) bond motifs is 1. The molecule has 6 nitrogen and oxygen atoms in total. The van der Waals surface area contributed by atoms with E-state index in [1.807, 2.05) is 6.07 Å². The van der Waals surface area contributed by atoms with Crippen LogP contribution in [-0.4, -0.2) is 30.2 Å². The van der Waals surface area contributed by atoms with Crippen LogP contribution in [0.15, 0.2) is 47.6 Å². The topological polar surface area (TPSA) is 93.4 Å². The number of carbonyl (C=O) groups is 1. The number of benzene rings is 1. The van der Waals surface area contributed by atoms with Crippen LogP contribution in [0.3, 0.4) is 0 Å². The lowest BCUT2D eigenvalue weighted by Gasteiger charge is -2.14. The summed E-state index contributed by atoms with van der Waals surface area (Å²) in [6, 6.07) is 7.87. The minimum Gasteiger partial charge on any atom is -0.399 e. The van der Waals surface area contributed by atoms with E-state index in [1.165, 1.54) is 18.2 Å². The molecule has 7 heteroatoms. The van der Waals surface area contributed by atoms with Gasteiger partial charge in [-0.15, -0.1) is 0 Å². The Morgan fingerprint density at radius 1 is 1.24 bits per heavy atom. The van der Waals surface area contributed by atoms with Gasteiger partial charge in [0.25, 0.3) is 15.9 Å². The van der Waals surface area contributed by atoms with Crippen LogP contribution in [0.1, 0.15) is 15.9 Å². The second-order valence-electron chi connectivity index (χ2n) is 4.75. The van der Waals surface area contributed by atoms with Gasteiger partial charge in [-0.2, -0.15) is 0 Å². The molecule has 0 saturated carbocycles. The fourth-order valence-electron chi connectivity index (χ4n) is 2.30. The predicted octanol–water partition coefficient (Wildman–Crippen LogP) is 1.05. The van der Waals surface area contributed by atoms with Gasteiger partial charge in [0, 0.05) is 24.6 Å². The van der Waals surface area contributed by atoms with Crippen LogP contribution in [0.25, 0.3) is 0 Å². The Labute approximate surface area is 122 Å². The van der Waals surface area contributed by atoms with Gasteiger partial charge in [0.15, 0.2) is 0 Å². The molecule has 1 amide bonds. The fourth-order valence-corrected chi connectivity index (χ4v) is 3.85. The summed E-state index contributed by atoms with van der Waals surface area (Å²) in [5.41, 5.74) is 7.00. The molecule has 1 aromatic carbocycles. The van der Waals surface area contributed by atoms with E-state index in [2.05, 4.69) is 4.98 Å². The summed E-state index contributed by atoms with van der Waals surface area (Å²) in [5.74, 6) is -0.527. The van der Waals surface area contributed by atoms with Crippen LogP contribution in [0.5, 0.6) is 0 Å². The highest BCUT2D eigenvalue weighted by Gasteiger charge is 2.40. The van der Waals surface area contributed by atoms with Crippen LogP contribution in [0.2, 0.25) is 0 Å². The van der Waals surface area contributed by atoms with Crippen molar-refractivity contribution in [2.75, 3.05) is 12.3 Å². The third kappa shape index (κ3) is 2.25. The number of carbonyl (C=O) groups excluding carboxylic acids is 1. The van der Waals surface area contributed by atoms with Gasteiger partial charge in [0.1, 0.15) is 4.90 Å². The lowest BCUT2D eigenvalue weighted by Crippen LogP contribution is -2.32. The molecule has 0 bridgehead atoms. The van der Waals surface area contributed by atoms with E-state index >= 15 is 0 Å². The SMILES string of the molecule is Nc1ccc2c(c1)C(=O)N(CCc1cccnc1)S2(=O)=O. The number of amides is 1. The molecule has 21 heavy (non-hydrogen) atoms. The third-order valence-electron chi connectivity index (χ3n) is 3.35. The lowest BCUT2D eigenvalue weighted by molar-refractivity contribution is 0.0872. The first-order valence-corrected chi connectivity index (χ1v) is 7.79. The van der Waals surface area contributed by atoms with Crippen molar-refractivity contribution < 1.29 is 13.2 Å². The van der Waals surface area contributed by atoms with Crippen molar-refractivity contribution in [3.05, 3.63) is 53.9 Å². The van der Waals surface area contributed by atoms with Crippen molar-refractivity contribution in [2.24, 2.45) is 0 Å². The van der Waals surface area contributed by atoms with Crippen LogP contribution < -0.4 is 5.73 Å². The molecular formula is C14H13N3O3S. The average molecular weight is 303 g/mol. The van der Waals surface area contributed by atoms with Gasteiger partial charge in [-0.3, -0.25) is 9.78 Å². The van der Waals surface area contributed by atoms with Crippen molar-refractivity contribution in [3.63, 3.8) is 0 Å². The molecule has 3 rings (SSSR count). The van der Waals surface area contributed by atoms with Gasteiger partial charge < -0.3 is 5.73 Å². The maximum absolute atomic E-state index is 12.4. The molecule has 0 fully saturated rings. The average Bonchev–Trinajstić information content (AvgIpc) is 2.65. The number of sulfonamides is 1. The molecular weight excluding hydrogens is 290 g/mol. The molecule has 0 aliphatic carbocycles. The number of nitrogen functional groups attached to an aromatic ring is 1. The number of anilines is 1. The van der Waals surface area contributed by atoms with E-state index in [9.17, 15) is 13.2 Å². The lowest BCUT2D eigenvalue weighted by atomic mass is 10.1. The summed E-state index contributed by atoms with van der Waals surface area (Å²) in [6.07, 6.45) is 3.71. The van der Waals surface area contributed by atoms with E-state index in [-0.39, 0.29) is 17.0 Å². The minimum atomic E-state index is -3.77. The molecule has 0 unspecified atom stereocenters. The van der Waals surface area contributed by atoms with E-state index in [4.69, 9.17) is 5.73 Å². The van der Waals surface area contributed by atoms with Crippen LogP contribution in [0.4, 0.5) is 5.69 Å². The standard InChI is InChI=1S/C14H13N3O3S/c15-11-3-4-13-12(8-11)14(18)17(21(13,19)20)7-5-10-2-1-6-16-9-10/h1-4,6,8-9H,5,7,15H2. The molecule has 0 radical (unpaired) electrons. The Morgan fingerprint density at radius 2 is 2.05 bits per heavy atom. The Bertz CT molecular complexity index is 803. The highest BCUT2D eigenvalue weighted by Crippen LogP contribution is 2.31. The number of nitrogens with two attached hydrogens (primary N) is 1. The van der Waals surface area contributed by atoms with E-state index in [0.717, 1.165) is 9.87 Å². The van der Waals surface area contributed by atoms with Gasteiger partial charge >= 0.3 is 0 Å². The highest BCUT2D eigenvalue weighted by atomic mass is 32.2. The summed E-state index contributed by atoms with van der Waals surface area (Å²) in [5, 5.41) is 0. The highest BCUT2D eigenvalue weighted by molar-refractivity contribution is 7.90. The first kappa shape index (κ1) is 13.6. The Kier molecular flexibility index (Phi) is 3.13. The summed E-state index contributed by atoms with van der Waals surface area (Å²) in [6.45, 7) is 0.0848. The molecule has 0 spiro atoms. The van der Waals surface area contributed by atoms with Crippen molar-refractivity contribution in [3.8, 4) is 0 Å². The molecule has 1 aliphatic heterocycles. The number of hydrogen-bond acceptors (Lipinski definition) is 5. The zero-order valence-electron chi connectivity index (χ0n) is 11.1. The quantitative estimate of drug-likeness (QED) is 0.855. The monoisotopic (exact) mass is 303 g/mol. The van der Waals surface area contributed by atoms with Crippen LogP contribution in [0, 0.1) is 0 Å². The largest absolute Gasteiger partial charge is 0.399 e. The summed E-state index contributed by atoms with van der Waals surface area (Å²) >= 11 is 0. The van der Waals surface area contributed by atoms with Gasteiger partial charge in [-0.05, 0) is 36.2 Å². The Morgan fingerprint density at radius 3 is 2.76 bits per heavy atom. The molecule has 1 aromatic heterocycles. The number of hydrogen-bond donors (Lipinski definition) is 1. The van der Waals surface area contributed by atoms with Crippen molar-refractivity contribution in [2.45, 2.75) is 11.3 Å². The fraction of sp³-hybridized carbons (Fsp3) is 0.143. The summed E-state index contributed by atoms with van der Waals surface area (Å²) < 4.78 is 25.6. The molecule has 108 valence electrons. The number of rotatable bonds is 3. The van der Waals surface area contributed by atoms with Gasteiger partial charge in [0.2, 0.25) is 0 Å². The van der Waals surface area contributed by atoms with E-state index in [1.54, 1.807) is 18.5 Å². The second-order valence-corrected chi connectivity index (χ2v) is 6.58. The van der Waals surface area contributed by atoms with Crippen molar-refractivity contribution in [1.82, 2.24) is 9.29 Å². The maximum Gasteiger partial charge on any atom is 0.269 e. The minimum absolute atomic E-state index is 0.0212. The Balaban J connectivity index is 1.90. The predicted molar refractivity (Wildman–Crippen MR) is 77.0 cm³/mol. The normalized spacial score (nSPS) is 16.0. The number of pyridine rings is 1. The van der Waals surface area contributed by atoms with Crippen LogP contribution >= 0.6 is 0 Å². The molecule has 0 atom stereocenters. The molecule has 1 aliphatic rings. The second kappa shape index (κ2) is 4.85. The zero-order valence-corrected chi connectivity index (χ0v) is 11.9. The molecule has 2 N–H and O–H groups in total.